The lowest BCUT2D eigenvalue weighted by molar-refractivity contribution is 0.102. The molecule has 0 saturated heterocycles. The molecule has 36 heavy (non-hydrogen) atoms. The van der Waals surface area contributed by atoms with Crippen LogP contribution in [0.25, 0.3) is 10.9 Å². The number of hydrogen-bond donors (Lipinski definition) is 3. The van der Waals surface area contributed by atoms with Gasteiger partial charge in [-0.3, -0.25) is 14.8 Å². The fraction of sp³-hybridized carbons (Fsp3) is 0.0690. The van der Waals surface area contributed by atoms with Gasteiger partial charge in [-0.15, -0.1) is 0 Å². The molecule has 0 aliphatic carbocycles. The highest BCUT2D eigenvalue weighted by atomic mass is 16.1. The third-order valence-corrected chi connectivity index (χ3v) is 5.93. The molecular formula is C29H26N6O. The van der Waals surface area contributed by atoms with Crippen molar-refractivity contribution in [2.24, 2.45) is 0 Å². The summed E-state index contributed by atoms with van der Waals surface area (Å²) in [4.78, 5) is 23.6. The molecular weight excluding hydrogens is 448 g/mol. The summed E-state index contributed by atoms with van der Waals surface area (Å²) >= 11 is 0. The average Bonchev–Trinajstić information content (AvgIpc) is 2.88. The van der Waals surface area contributed by atoms with Crippen LogP contribution in [0.15, 0.2) is 97.3 Å². The van der Waals surface area contributed by atoms with Crippen molar-refractivity contribution in [1.29, 1.82) is 0 Å². The molecule has 5 aromatic rings. The molecule has 0 spiro atoms. The summed E-state index contributed by atoms with van der Waals surface area (Å²) in [5, 5.41) is 7.29. The number of nitrogens with one attached hydrogen (secondary N) is 2. The molecule has 5 rings (SSSR count). The minimum Gasteiger partial charge on any atom is -0.399 e. The van der Waals surface area contributed by atoms with E-state index in [-0.39, 0.29) is 5.91 Å². The SMILES string of the molecule is Cc1cc(Nc2cccc(NC(=O)c3ccc(N(C)c4ccnc5ccc(N)cc45)cc3)c2)ccn1. The Labute approximate surface area is 209 Å². The van der Waals surface area contributed by atoms with Crippen LogP contribution in [-0.2, 0) is 0 Å². The van der Waals surface area contributed by atoms with Gasteiger partial charge < -0.3 is 21.3 Å². The van der Waals surface area contributed by atoms with Crippen molar-refractivity contribution < 1.29 is 4.79 Å². The highest BCUT2D eigenvalue weighted by molar-refractivity contribution is 6.05. The molecule has 2 heterocycles. The Morgan fingerprint density at radius 1 is 0.833 bits per heavy atom. The highest BCUT2D eigenvalue weighted by Gasteiger charge is 2.12. The van der Waals surface area contributed by atoms with E-state index < -0.39 is 0 Å². The lowest BCUT2D eigenvalue weighted by atomic mass is 10.1. The molecule has 1 amide bonds. The second-order valence-electron chi connectivity index (χ2n) is 8.56. The van der Waals surface area contributed by atoms with E-state index >= 15 is 0 Å². The minimum absolute atomic E-state index is 0.178. The maximum absolute atomic E-state index is 12.9. The maximum atomic E-state index is 12.9. The summed E-state index contributed by atoms with van der Waals surface area (Å²) < 4.78 is 0. The normalized spacial score (nSPS) is 10.7. The standard InChI is InChI=1S/C29H26N6O/c1-19-16-24(12-14-31-19)33-22-4-3-5-23(18-22)34-29(36)20-6-9-25(10-7-20)35(2)28-13-15-32-27-11-8-21(30)17-26(27)28/h3-18H,30H2,1-2H3,(H,31,33)(H,34,36). The highest BCUT2D eigenvalue weighted by Crippen LogP contribution is 2.31. The Balaban J connectivity index is 1.30. The first-order valence-electron chi connectivity index (χ1n) is 11.6. The van der Waals surface area contributed by atoms with E-state index in [1.54, 1.807) is 12.4 Å². The van der Waals surface area contributed by atoms with Gasteiger partial charge in [0.1, 0.15) is 0 Å². The number of nitrogen functional groups attached to an aromatic ring is 1. The Bertz CT molecular complexity index is 1550. The van der Waals surface area contributed by atoms with Gasteiger partial charge in [0.15, 0.2) is 0 Å². The molecule has 7 nitrogen and oxygen atoms in total. The number of aryl methyl sites for hydroxylation is 1. The number of nitrogens with zero attached hydrogens (tertiary/aromatic N) is 3. The Morgan fingerprint density at radius 2 is 1.58 bits per heavy atom. The van der Waals surface area contributed by atoms with Gasteiger partial charge in [-0.25, -0.2) is 0 Å². The molecule has 0 fully saturated rings. The number of hydrogen-bond acceptors (Lipinski definition) is 6. The van der Waals surface area contributed by atoms with Crippen LogP contribution in [0.2, 0.25) is 0 Å². The van der Waals surface area contributed by atoms with Crippen molar-refractivity contribution in [1.82, 2.24) is 9.97 Å². The van der Waals surface area contributed by atoms with Crippen LogP contribution in [0, 0.1) is 6.92 Å². The molecule has 4 N–H and O–H groups in total. The fourth-order valence-electron chi connectivity index (χ4n) is 4.09. The van der Waals surface area contributed by atoms with Crippen molar-refractivity contribution in [3.63, 3.8) is 0 Å². The molecule has 0 unspecified atom stereocenters. The minimum atomic E-state index is -0.178. The number of carbonyl (C=O) groups excluding carboxylic acids is 1. The number of anilines is 6. The zero-order valence-corrected chi connectivity index (χ0v) is 20.1. The van der Waals surface area contributed by atoms with Crippen molar-refractivity contribution >= 4 is 50.9 Å². The monoisotopic (exact) mass is 474 g/mol. The summed E-state index contributed by atoms with van der Waals surface area (Å²) in [5.41, 5.74) is 13.5. The first-order valence-corrected chi connectivity index (χ1v) is 11.6. The second kappa shape index (κ2) is 9.76. The van der Waals surface area contributed by atoms with E-state index in [1.165, 1.54) is 0 Å². The van der Waals surface area contributed by atoms with Crippen LogP contribution < -0.4 is 21.3 Å². The first-order chi connectivity index (χ1) is 17.5. The van der Waals surface area contributed by atoms with E-state index in [9.17, 15) is 4.79 Å². The van der Waals surface area contributed by atoms with Gasteiger partial charge in [0.25, 0.3) is 5.91 Å². The lowest BCUT2D eigenvalue weighted by Gasteiger charge is -2.21. The first kappa shape index (κ1) is 22.9. The number of amides is 1. The van der Waals surface area contributed by atoms with Crippen LogP contribution in [0.3, 0.4) is 0 Å². The molecule has 2 aromatic heterocycles. The molecule has 0 aliphatic heterocycles. The van der Waals surface area contributed by atoms with E-state index in [2.05, 4.69) is 25.5 Å². The number of rotatable bonds is 6. The van der Waals surface area contributed by atoms with Crippen LogP contribution in [0.4, 0.5) is 34.1 Å². The second-order valence-corrected chi connectivity index (χ2v) is 8.56. The Kier molecular flexibility index (Phi) is 6.19. The van der Waals surface area contributed by atoms with Crippen molar-refractivity contribution in [3.8, 4) is 0 Å². The molecule has 0 aliphatic rings. The summed E-state index contributed by atoms with van der Waals surface area (Å²) in [5.74, 6) is -0.178. The zero-order chi connectivity index (χ0) is 25.1. The summed E-state index contributed by atoms with van der Waals surface area (Å²) in [6.07, 6.45) is 3.54. The van der Waals surface area contributed by atoms with E-state index in [1.807, 2.05) is 98.9 Å². The number of fused-ring (bicyclic) bond motifs is 1. The van der Waals surface area contributed by atoms with Crippen LogP contribution in [0.5, 0.6) is 0 Å². The van der Waals surface area contributed by atoms with Gasteiger partial charge in [0.05, 0.1) is 11.2 Å². The molecule has 178 valence electrons. The van der Waals surface area contributed by atoms with Gasteiger partial charge in [-0.1, -0.05) is 6.07 Å². The van der Waals surface area contributed by atoms with Crippen LogP contribution in [0.1, 0.15) is 16.1 Å². The van der Waals surface area contributed by atoms with Gasteiger partial charge in [-0.2, -0.15) is 0 Å². The largest absolute Gasteiger partial charge is 0.399 e. The van der Waals surface area contributed by atoms with Crippen molar-refractivity contribution in [3.05, 3.63) is 109 Å². The molecule has 3 aromatic carbocycles. The third-order valence-electron chi connectivity index (χ3n) is 5.93. The number of pyridine rings is 2. The quantitative estimate of drug-likeness (QED) is 0.251. The smallest absolute Gasteiger partial charge is 0.255 e. The van der Waals surface area contributed by atoms with E-state index in [4.69, 9.17) is 5.73 Å². The molecule has 0 radical (unpaired) electrons. The van der Waals surface area contributed by atoms with E-state index in [0.717, 1.165) is 39.3 Å². The summed E-state index contributed by atoms with van der Waals surface area (Å²) in [6.45, 7) is 1.94. The predicted octanol–water partition coefficient (Wildman–Crippen LogP) is 6.28. The average molecular weight is 475 g/mol. The maximum Gasteiger partial charge on any atom is 0.255 e. The number of nitrogens with two attached hydrogens (primary N) is 1. The van der Waals surface area contributed by atoms with E-state index in [0.29, 0.717) is 16.9 Å². The zero-order valence-electron chi connectivity index (χ0n) is 20.1. The van der Waals surface area contributed by atoms with Crippen molar-refractivity contribution in [2.75, 3.05) is 28.3 Å². The van der Waals surface area contributed by atoms with Gasteiger partial charge in [0.2, 0.25) is 0 Å². The van der Waals surface area contributed by atoms with Crippen molar-refractivity contribution in [2.45, 2.75) is 6.92 Å². The van der Waals surface area contributed by atoms with Crippen LogP contribution >= 0.6 is 0 Å². The van der Waals surface area contributed by atoms with Gasteiger partial charge >= 0.3 is 0 Å². The number of carbonyl (C=O) groups is 1. The molecule has 7 heteroatoms. The molecule has 0 atom stereocenters. The lowest BCUT2D eigenvalue weighted by Crippen LogP contribution is -2.13. The topological polar surface area (TPSA) is 96.2 Å². The van der Waals surface area contributed by atoms with Crippen LogP contribution in [-0.4, -0.2) is 22.9 Å². The van der Waals surface area contributed by atoms with Gasteiger partial charge in [0, 0.05) is 64.5 Å². The summed E-state index contributed by atoms with van der Waals surface area (Å²) in [6, 6.07) is 26.6. The Hall–Kier alpha value is -4.91. The summed E-state index contributed by atoms with van der Waals surface area (Å²) in [7, 11) is 1.98. The molecule has 0 bridgehead atoms. The fourth-order valence-corrected chi connectivity index (χ4v) is 4.09. The van der Waals surface area contributed by atoms with Gasteiger partial charge in [-0.05, 0) is 85.8 Å². The predicted molar refractivity (Wildman–Crippen MR) is 147 cm³/mol. The third kappa shape index (κ3) is 4.95. The Morgan fingerprint density at radius 3 is 2.39 bits per heavy atom. The molecule has 0 saturated carbocycles. The number of benzene rings is 3. The number of aromatic nitrogens is 2.